The van der Waals surface area contributed by atoms with Crippen molar-refractivity contribution in [1.29, 1.82) is 0 Å². The monoisotopic (exact) mass is 389 g/mol. The Bertz CT molecular complexity index is 1110. The van der Waals surface area contributed by atoms with Crippen LogP contribution in [0.15, 0.2) is 79.0 Å². The van der Waals surface area contributed by atoms with Crippen molar-refractivity contribution in [1.82, 2.24) is 14.6 Å². The first-order valence-electron chi connectivity index (χ1n) is 8.56. The Morgan fingerprint density at radius 1 is 0.828 bits per heavy atom. The summed E-state index contributed by atoms with van der Waals surface area (Å²) in [4.78, 5) is 30.6. The Balaban J connectivity index is 1.72. The number of amides is 2. The van der Waals surface area contributed by atoms with E-state index in [1.807, 2.05) is 0 Å². The first-order valence-corrected chi connectivity index (χ1v) is 8.56. The molecule has 2 aromatic carbocycles. The van der Waals surface area contributed by atoms with Gasteiger partial charge in [0.2, 0.25) is 0 Å². The maximum atomic E-state index is 12.9. The fourth-order valence-electron chi connectivity index (χ4n) is 2.56. The molecule has 9 heteroatoms. The summed E-state index contributed by atoms with van der Waals surface area (Å²) in [6.07, 6.45) is -0.661. The van der Waals surface area contributed by atoms with Gasteiger partial charge in [-0.15, -0.1) is 5.10 Å². The standard InChI is InChI=1S/C20H15N5O4/c21-16-11-12-17-22-13-18(25(17)23-16)24(19(26)28-14-7-3-1-4-8-14)20(27)29-15-9-5-2-6-10-15/h1-13H,(H2,21,23). The van der Waals surface area contributed by atoms with E-state index in [2.05, 4.69) is 10.1 Å². The van der Waals surface area contributed by atoms with Gasteiger partial charge in [-0.25, -0.2) is 14.6 Å². The van der Waals surface area contributed by atoms with Crippen molar-refractivity contribution in [3.63, 3.8) is 0 Å². The predicted molar refractivity (Wildman–Crippen MR) is 105 cm³/mol. The molecule has 0 fully saturated rings. The highest BCUT2D eigenvalue weighted by Crippen LogP contribution is 2.21. The zero-order valence-corrected chi connectivity index (χ0v) is 15.0. The van der Waals surface area contributed by atoms with Gasteiger partial charge in [0.25, 0.3) is 0 Å². The largest absolute Gasteiger partial charge is 0.430 e. The molecule has 0 atom stereocenters. The van der Waals surface area contributed by atoms with E-state index in [1.54, 1.807) is 72.8 Å². The first-order chi connectivity index (χ1) is 14.1. The van der Waals surface area contributed by atoms with Crippen molar-refractivity contribution in [2.75, 3.05) is 10.6 Å². The number of nitrogens with zero attached hydrogens (tertiary/aromatic N) is 4. The molecular weight excluding hydrogens is 374 g/mol. The van der Waals surface area contributed by atoms with Crippen molar-refractivity contribution < 1.29 is 19.1 Å². The second kappa shape index (κ2) is 7.69. The van der Waals surface area contributed by atoms with Gasteiger partial charge in [-0.3, -0.25) is 0 Å². The summed E-state index contributed by atoms with van der Waals surface area (Å²) in [5, 5.41) is 4.11. The minimum Gasteiger partial charge on any atom is -0.410 e. The molecule has 2 amide bonds. The number of hydrogen-bond acceptors (Lipinski definition) is 7. The van der Waals surface area contributed by atoms with Crippen molar-refractivity contribution in [3.8, 4) is 11.5 Å². The molecule has 4 rings (SSSR count). The molecule has 4 aromatic rings. The van der Waals surface area contributed by atoms with Gasteiger partial charge >= 0.3 is 12.2 Å². The van der Waals surface area contributed by atoms with Gasteiger partial charge in [0.15, 0.2) is 11.5 Å². The Kier molecular flexibility index (Phi) is 4.77. The third-order valence-corrected chi connectivity index (χ3v) is 3.86. The molecule has 0 aliphatic heterocycles. The number of anilines is 2. The highest BCUT2D eigenvalue weighted by molar-refractivity contribution is 6.10. The van der Waals surface area contributed by atoms with Crippen molar-refractivity contribution >= 4 is 29.5 Å². The Hall–Kier alpha value is -4.40. The van der Waals surface area contributed by atoms with Gasteiger partial charge < -0.3 is 15.2 Å². The number of para-hydroxylation sites is 2. The number of ether oxygens (including phenoxy) is 2. The topological polar surface area (TPSA) is 112 Å². The van der Waals surface area contributed by atoms with Crippen LogP contribution >= 0.6 is 0 Å². The smallest absolute Gasteiger partial charge is 0.410 e. The lowest BCUT2D eigenvalue weighted by molar-refractivity contribution is 0.190. The molecule has 2 aromatic heterocycles. The van der Waals surface area contributed by atoms with E-state index in [-0.39, 0.29) is 23.1 Å². The fourth-order valence-corrected chi connectivity index (χ4v) is 2.56. The number of benzene rings is 2. The quantitative estimate of drug-likeness (QED) is 0.570. The van der Waals surface area contributed by atoms with E-state index >= 15 is 0 Å². The van der Waals surface area contributed by atoms with Gasteiger partial charge in [0.1, 0.15) is 17.3 Å². The van der Waals surface area contributed by atoms with Crippen LogP contribution in [0.3, 0.4) is 0 Å². The maximum absolute atomic E-state index is 12.9. The number of imide groups is 1. The van der Waals surface area contributed by atoms with E-state index in [1.165, 1.54) is 10.7 Å². The molecule has 9 nitrogen and oxygen atoms in total. The molecule has 0 aliphatic rings. The van der Waals surface area contributed by atoms with Gasteiger partial charge in [-0.1, -0.05) is 36.4 Å². The summed E-state index contributed by atoms with van der Waals surface area (Å²) in [6.45, 7) is 0. The molecule has 0 unspecified atom stereocenters. The third kappa shape index (κ3) is 3.83. The van der Waals surface area contributed by atoms with Crippen LogP contribution in [-0.4, -0.2) is 26.8 Å². The average Bonchev–Trinajstić information content (AvgIpc) is 3.12. The molecule has 2 heterocycles. The lowest BCUT2D eigenvalue weighted by atomic mass is 10.3. The Labute approximate surface area is 164 Å². The van der Waals surface area contributed by atoms with E-state index in [0.717, 1.165) is 0 Å². The lowest BCUT2D eigenvalue weighted by Crippen LogP contribution is -2.41. The highest BCUT2D eigenvalue weighted by atomic mass is 16.6. The second-order valence-electron chi connectivity index (χ2n) is 5.84. The molecule has 0 radical (unpaired) electrons. The molecule has 0 bridgehead atoms. The lowest BCUT2D eigenvalue weighted by Gasteiger charge is -2.18. The number of carbonyl (C=O) groups excluding carboxylic acids is 2. The summed E-state index contributed by atoms with van der Waals surface area (Å²) >= 11 is 0. The number of aromatic nitrogens is 3. The van der Waals surface area contributed by atoms with Crippen molar-refractivity contribution in [3.05, 3.63) is 79.0 Å². The van der Waals surface area contributed by atoms with E-state index < -0.39 is 12.2 Å². The number of rotatable bonds is 3. The van der Waals surface area contributed by atoms with Crippen LogP contribution in [0.4, 0.5) is 21.2 Å². The van der Waals surface area contributed by atoms with Crippen molar-refractivity contribution in [2.24, 2.45) is 0 Å². The maximum Gasteiger partial charge on any atom is 0.430 e. The fraction of sp³-hybridized carbons (Fsp3) is 0. The van der Waals surface area contributed by atoms with E-state index in [9.17, 15) is 9.59 Å². The van der Waals surface area contributed by atoms with Gasteiger partial charge in [-0.05, 0) is 36.4 Å². The first kappa shape index (κ1) is 18.0. The zero-order valence-electron chi connectivity index (χ0n) is 15.0. The molecule has 2 N–H and O–H groups in total. The number of carbonyl (C=O) groups is 2. The van der Waals surface area contributed by atoms with Crippen LogP contribution in [0.5, 0.6) is 11.5 Å². The number of imidazole rings is 1. The molecule has 29 heavy (non-hydrogen) atoms. The van der Waals surface area contributed by atoms with Gasteiger partial charge in [0, 0.05) is 0 Å². The molecular formula is C20H15N5O4. The summed E-state index contributed by atoms with van der Waals surface area (Å²) in [7, 11) is 0. The number of nitrogen functional groups attached to an aromatic ring is 1. The van der Waals surface area contributed by atoms with Crippen LogP contribution in [0.2, 0.25) is 0 Å². The number of nitrogens with two attached hydrogens (primary N) is 1. The van der Waals surface area contributed by atoms with Crippen LogP contribution in [0.1, 0.15) is 0 Å². The third-order valence-electron chi connectivity index (χ3n) is 3.86. The summed E-state index contributed by atoms with van der Waals surface area (Å²) < 4.78 is 11.9. The van der Waals surface area contributed by atoms with Gasteiger partial charge in [-0.2, -0.15) is 9.42 Å². The highest BCUT2D eigenvalue weighted by Gasteiger charge is 2.31. The van der Waals surface area contributed by atoms with Gasteiger partial charge in [0.05, 0.1) is 6.20 Å². The Morgan fingerprint density at radius 2 is 1.38 bits per heavy atom. The summed E-state index contributed by atoms with van der Waals surface area (Å²) in [6, 6.07) is 19.9. The van der Waals surface area contributed by atoms with E-state index in [0.29, 0.717) is 10.5 Å². The Morgan fingerprint density at radius 3 is 1.93 bits per heavy atom. The molecule has 0 saturated carbocycles. The minimum atomic E-state index is -0.983. The molecule has 0 saturated heterocycles. The molecule has 0 spiro atoms. The van der Waals surface area contributed by atoms with Crippen LogP contribution in [-0.2, 0) is 0 Å². The molecule has 0 aliphatic carbocycles. The van der Waals surface area contributed by atoms with Crippen LogP contribution in [0.25, 0.3) is 5.65 Å². The SMILES string of the molecule is Nc1ccc2ncc(N(C(=O)Oc3ccccc3)C(=O)Oc3ccccc3)n2n1. The number of fused-ring (bicyclic) bond motifs is 1. The van der Waals surface area contributed by atoms with Crippen LogP contribution < -0.4 is 20.1 Å². The second-order valence-corrected chi connectivity index (χ2v) is 5.84. The summed E-state index contributed by atoms with van der Waals surface area (Å²) in [5.74, 6) is 0.728. The zero-order chi connectivity index (χ0) is 20.2. The minimum absolute atomic E-state index is 0.0224. The average molecular weight is 389 g/mol. The van der Waals surface area contributed by atoms with E-state index in [4.69, 9.17) is 15.2 Å². The van der Waals surface area contributed by atoms with Crippen molar-refractivity contribution in [2.45, 2.75) is 0 Å². The molecule has 144 valence electrons. The summed E-state index contributed by atoms with van der Waals surface area (Å²) in [5.41, 5.74) is 6.13. The normalized spacial score (nSPS) is 10.5. The number of hydrogen-bond donors (Lipinski definition) is 1. The van der Waals surface area contributed by atoms with Crippen LogP contribution in [0, 0.1) is 0 Å². The predicted octanol–water partition coefficient (Wildman–Crippen LogP) is 3.52.